The number of amides is 3. The average molecular weight is 573 g/mol. The minimum atomic E-state index is -0.621. The highest BCUT2D eigenvalue weighted by Crippen LogP contribution is 2.47. The summed E-state index contributed by atoms with van der Waals surface area (Å²) in [5, 5.41) is 5.41. The highest BCUT2D eigenvalue weighted by molar-refractivity contribution is 5.95. The molecule has 8 atom stereocenters. The molecular formula is C33H44N6O3. The molecule has 4 bridgehead atoms. The maximum absolute atomic E-state index is 14.2. The van der Waals surface area contributed by atoms with Crippen molar-refractivity contribution in [2.24, 2.45) is 23.7 Å². The van der Waals surface area contributed by atoms with Gasteiger partial charge in [0.15, 0.2) is 0 Å². The summed E-state index contributed by atoms with van der Waals surface area (Å²) in [4.78, 5) is 47.6. The fraction of sp³-hybridized carbons (Fsp3) is 0.636. The molecule has 1 aromatic carbocycles. The molecule has 1 unspecified atom stereocenters. The van der Waals surface area contributed by atoms with Crippen molar-refractivity contribution in [3.05, 3.63) is 46.9 Å². The van der Waals surface area contributed by atoms with E-state index in [2.05, 4.69) is 27.4 Å². The largest absolute Gasteiger partial charge is 0.333 e. The maximum Gasteiger partial charge on any atom is 0.329 e. The number of nitrogens with one attached hydrogen (secondary N) is 2. The van der Waals surface area contributed by atoms with Crippen molar-refractivity contribution in [2.45, 2.75) is 102 Å². The molecule has 0 spiro atoms. The third-order valence-corrected chi connectivity index (χ3v) is 11.0. The summed E-state index contributed by atoms with van der Waals surface area (Å²) in [6.45, 7) is 5.09. The number of aromatic nitrogens is 2. The number of benzene rings is 1. The fourth-order valence-electron chi connectivity index (χ4n) is 9.08. The van der Waals surface area contributed by atoms with E-state index in [1.807, 2.05) is 28.8 Å². The van der Waals surface area contributed by atoms with E-state index in [0.717, 1.165) is 42.0 Å². The first-order chi connectivity index (χ1) is 20.3. The number of anilines is 1. The topological polar surface area (TPSA) is 99.6 Å². The first-order valence-electron chi connectivity index (χ1n) is 16.2. The monoisotopic (exact) mass is 572 g/mol. The van der Waals surface area contributed by atoms with Crippen molar-refractivity contribution in [3.8, 4) is 0 Å². The van der Waals surface area contributed by atoms with Crippen LogP contribution in [0.25, 0.3) is 11.0 Å². The normalized spacial score (nSPS) is 34.7. The number of fused-ring (bicyclic) bond motifs is 5. The average Bonchev–Trinajstić information content (AvgIpc) is 2.95. The molecule has 2 aromatic rings. The van der Waals surface area contributed by atoms with Crippen molar-refractivity contribution < 1.29 is 9.59 Å². The molecule has 0 radical (unpaired) electrons. The standard InChI is InChI=1S/C33H44N6O3/c1-20-10-11-22-14-23(16-24(20)15-22)19-38-25-6-5-7-26(38)18-27(17-25)39-29-9-4-3-8-28(29)35-31(32(39)41)37-13-12-30(34-21(2)40)36-33(37)42/h3-4,8-9,12-13,20,22-27,30H,5-7,10-11,14-19H2,1-2H3,(H,34,40)(H,36,42)/t20-,22+,23+,24+,25-,26+,27+,30?/m0/s1. The van der Waals surface area contributed by atoms with Gasteiger partial charge in [0.05, 0.1) is 11.0 Å². The van der Waals surface area contributed by atoms with Crippen LogP contribution in [0, 0.1) is 23.7 Å². The number of carbonyl (C=O) groups is 2. The third-order valence-electron chi connectivity index (χ3n) is 11.0. The minimum absolute atomic E-state index is 0.0606. The molecule has 5 aliphatic rings. The van der Waals surface area contributed by atoms with Crippen LogP contribution in [-0.4, -0.2) is 51.2 Å². The van der Waals surface area contributed by atoms with E-state index in [4.69, 9.17) is 0 Å². The Morgan fingerprint density at radius 1 is 1.00 bits per heavy atom. The summed E-state index contributed by atoms with van der Waals surface area (Å²) in [5.74, 6) is 3.37. The number of piperidine rings is 2. The summed E-state index contributed by atoms with van der Waals surface area (Å²) >= 11 is 0. The Morgan fingerprint density at radius 3 is 2.55 bits per heavy atom. The fourth-order valence-corrected chi connectivity index (χ4v) is 9.08. The Balaban J connectivity index is 1.17. The number of rotatable bonds is 5. The van der Waals surface area contributed by atoms with Crippen LogP contribution in [-0.2, 0) is 4.79 Å². The molecule has 224 valence electrons. The van der Waals surface area contributed by atoms with Crippen LogP contribution in [0.1, 0.15) is 84.1 Å². The van der Waals surface area contributed by atoms with Gasteiger partial charge < -0.3 is 15.2 Å². The minimum Gasteiger partial charge on any atom is -0.333 e. The second-order valence-corrected chi connectivity index (χ2v) is 13.8. The van der Waals surface area contributed by atoms with Crippen molar-refractivity contribution in [1.82, 2.24) is 25.1 Å². The summed E-state index contributed by atoms with van der Waals surface area (Å²) in [5.41, 5.74) is 1.29. The molecule has 2 aliphatic carbocycles. The Labute approximate surface area is 247 Å². The van der Waals surface area contributed by atoms with E-state index in [1.165, 1.54) is 69.7 Å². The van der Waals surface area contributed by atoms with Gasteiger partial charge in [-0.3, -0.25) is 14.5 Å². The van der Waals surface area contributed by atoms with Crippen LogP contribution in [0.4, 0.5) is 10.6 Å². The molecule has 1 aromatic heterocycles. The number of carbonyl (C=O) groups excluding carboxylic acids is 2. The van der Waals surface area contributed by atoms with Gasteiger partial charge in [-0.05, 0) is 86.8 Å². The smallest absolute Gasteiger partial charge is 0.329 e. The van der Waals surface area contributed by atoms with Crippen molar-refractivity contribution in [2.75, 3.05) is 11.4 Å². The zero-order chi connectivity index (χ0) is 29.0. The Bertz CT molecular complexity index is 1440. The molecule has 7 rings (SSSR count). The number of nitrogens with zero attached hydrogens (tertiary/aromatic N) is 4. The summed E-state index contributed by atoms with van der Waals surface area (Å²) < 4.78 is 1.94. The van der Waals surface area contributed by atoms with Gasteiger partial charge in [-0.2, -0.15) is 0 Å². The first-order valence-corrected chi connectivity index (χ1v) is 16.2. The lowest BCUT2D eigenvalue weighted by molar-refractivity contribution is -0.119. The first kappa shape index (κ1) is 27.6. The Kier molecular flexibility index (Phi) is 7.32. The number of para-hydroxylation sites is 2. The van der Waals surface area contributed by atoms with E-state index in [0.29, 0.717) is 17.6 Å². The van der Waals surface area contributed by atoms with Gasteiger partial charge in [0.2, 0.25) is 11.7 Å². The highest BCUT2D eigenvalue weighted by atomic mass is 16.2. The zero-order valence-corrected chi connectivity index (χ0v) is 24.9. The zero-order valence-electron chi connectivity index (χ0n) is 24.9. The third kappa shape index (κ3) is 5.14. The highest BCUT2D eigenvalue weighted by Gasteiger charge is 2.43. The summed E-state index contributed by atoms with van der Waals surface area (Å²) in [6.07, 6.45) is 15.2. The van der Waals surface area contributed by atoms with Crippen LogP contribution in [0.15, 0.2) is 41.3 Å². The summed E-state index contributed by atoms with van der Waals surface area (Å²) in [6, 6.07) is 8.33. The SMILES string of the molecule is CC(=O)NC1C=CN(c2nc3ccccc3n([C@H]3C[C@H]4CCC[C@@H](C3)N4C[C@@H]3C[C@H]4CC[C@H](C)[C@H](C4)C3)c2=O)C(=O)N1. The number of hydrogen-bond donors (Lipinski definition) is 2. The van der Waals surface area contributed by atoms with Gasteiger partial charge in [0.25, 0.3) is 5.56 Å². The molecule has 9 nitrogen and oxygen atoms in total. The van der Waals surface area contributed by atoms with E-state index in [1.54, 1.807) is 12.3 Å². The lowest BCUT2D eigenvalue weighted by Gasteiger charge is -2.52. The van der Waals surface area contributed by atoms with Gasteiger partial charge in [-0.1, -0.05) is 38.3 Å². The van der Waals surface area contributed by atoms with Crippen LogP contribution in [0.2, 0.25) is 0 Å². The van der Waals surface area contributed by atoms with Crippen LogP contribution < -0.4 is 21.1 Å². The van der Waals surface area contributed by atoms with Gasteiger partial charge in [0.1, 0.15) is 6.17 Å². The quantitative estimate of drug-likeness (QED) is 0.530. The Morgan fingerprint density at radius 2 is 1.79 bits per heavy atom. The molecule has 3 aliphatic heterocycles. The van der Waals surface area contributed by atoms with Gasteiger partial charge in [-0.15, -0.1) is 0 Å². The van der Waals surface area contributed by atoms with E-state index in [-0.39, 0.29) is 23.3 Å². The maximum atomic E-state index is 14.2. The van der Waals surface area contributed by atoms with E-state index < -0.39 is 12.2 Å². The predicted molar refractivity (Wildman–Crippen MR) is 163 cm³/mol. The number of urea groups is 1. The van der Waals surface area contributed by atoms with Gasteiger partial charge >= 0.3 is 6.03 Å². The lowest BCUT2D eigenvalue weighted by atomic mass is 9.64. The van der Waals surface area contributed by atoms with Crippen molar-refractivity contribution in [1.29, 1.82) is 0 Å². The van der Waals surface area contributed by atoms with Crippen molar-refractivity contribution in [3.63, 3.8) is 0 Å². The molecule has 2 saturated heterocycles. The van der Waals surface area contributed by atoms with Crippen LogP contribution in [0.3, 0.4) is 0 Å². The summed E-state index contributed by atoms with van der Waals surface area (Å²) in [7, 11) is 0. The second-order valence-electron chi connectivity index (χ2n) is 13.8. The molecular weight excluding hydrogens is 528 g/mol. The predicted octanol–water partition coefficient (Wildman–Crippen LogP) is 4.92. The lowest BCUT2D eigenvalue weighted by Crippen LogP contribution is -2.56. The van der Waals surface area contributed by atoms with Crippen LogP contribution >= 0.6 is 0 Å². The molecule has 9 heteroatoms. The van der Waals surface area contributed by atoms with E-state index >= 15 is 0 Å². The van der Waals surface area contributed by atoms with Gasteiger partial charge in [0, 0.05) is 37.8 Å². The molecule has 42 heavy (non-hydrogen) atoms. The molecule has 2 saturated carbocycles. The molecule has 2 N–H and O–H groups in total. The second kappa shape index (κ2) is 11.1. The van der Waals surface area contributed by atoms with Gasteiger partial charge in [-0.25, -0.2) is 14.7 Å². The molecule has 4 fully saturated rings. The molecule has 3 amide bonds. The number of hydrogen-bond acceptors (Lipinski definition) is 5. The molecule has 4 heterocycles. The van der Waals surface area contributed by atoms with Crippen molar-refractivity contribution >= 4 is 28.8 Å². The Hall–Kier alpha value is -3.20. The van der Waals surface area contributed by atoms with Crippen LogP contribution in [0.5, 0.6) is 0 Å². The van der Waals surface area contributed by atoms with E-state index in [9.17, 15) is 14.4 Å².